The Hall–Kier alpha value is -2.30. The summed E-state index contributed by atoms with van der Waals surface area (Å²) in [6.45, 7) is 6.76. The third kappa shape index (κ3) is 3.15. The van der Waals surface area contributed by atoms with E-state index in [1.54, 1.807) is 11.7 Å². The van der Waals surface area contributed by atoms with Crippen LogP contribution in [0.1, 0.15) is 58.4 Å². The fourth-order valence-corrected chi connectivity index (χ4v) is 4.30. The molecule has 0 aliphatic heterocycles. The first-order valence-electron chi connectivity index (χ1n) is 8.99. The van der Waals surface area contributed by atoms with Crippen LogP contribution >= 0.6 is 0 Å². The molecule has 5 heteroatoms. The summed E-state index contributed by atoms with van der Waals surface area (Å²) < 4.78 is 1.56. The molecule has 0 unspecified atom stereocenters. The highest BCUT2D eigenvalue weighted by molar-refractivity contribution is 5.99. The number of nitrogen functional groups attached to an aromatic ring is 1. The van der Waals surface area contributed by atoms with Crippen LogP contribution in [-0.4, -0.2) is 22.2 Å². The van der Waals surface area contributed by atoms with Crippen LogP contribution in [0.2, 0.25) is 0 Å². The molecule has 1 saturated carbocycles. The molecular formula is C20H28N4O. The number of nitrogens with zero attached hydrogens (tertiary/aromatic N) is 2. The number of nitrogens with two attached hydrogens (primary N) is 1. The second-order valence-electron chi connectivity index (χ2n) is 7.46. The van der Waals surface area contributed by atoms with Crippen LogP contribution in [0.3, 0.4) is 0 Å². The number of rotatable bonds is 4. The Morgan fingerprint density at radius 1 is 1.28 bits per heavy atom. The molecule has 3 rings (SSSR count). The smallest absolute Gasteiger partial charge is 0.256 e. The summed E-state index contributed by atoms with van der Waals surface area (Å²) in [4.78, 5) is 12.7. The van der Waals surface area contributed by atoms with Crippen LogP contribution < -0.4 is 11.1 Å². The van der Waals surface area contributed by atoms with Gasteiger partial charge in [-0.05, 0) is 44.7 Å². The lowest BCUT2D eigenvalue weighted by atomic mass is 9.76. The van der Waals surface area contributed by atoms with E-state index in [-0.39, 0.29) is 11.3 Å². The number of nitrogens with one attached hydrogen (secondary N) is 1. The van der Waals surface area contributed by atoms with Crippen LogP contribution in [0.4, 0.5) is 5.82 Å². The molecule has 5 nitrogen and oxygen atoms in total. The minimum atomic E-state index is -0.126. The summed E-state index contributed by atoms with van der Waals surface area (Å²) in [5, 5.41) is 7.39. The van der Waals surface area contributed by atoms with Gasteiger partial charge < -0.3 is 11.1 Å². The highest BCUT2D eigenvalue weighted by Gasteiger charge is 2.37. The average Bonchev–Trinajstić information content (AvgIpc) is 3.11. The number of aryl methyl sites for hydroxylation is 4. The molecule has 1 aromatic heterocycles. The van der Waals surface area contributed by atoms with Crippen molar-refractivity contribution in [3.05, 3.63) is 46.1 Å². The zero-order chi connectivity index (χ0) is 18.2. The molecule has 3 N–H and O–H groups in total. The normalized spacial score (nSPS) is 16.2. The zero-order valence-electron chi connectivity index (χ0n) is 15.6. The summed E-state index contributed by atoms with van der Waals surface area (Å²) in [5.74, 6) is 0.293. The van der Waals surface area contributed by atoms with Crippen molar-refractivity contribution in [2.45, 2.75) is 51.9 Å². The third-order valence-electron chi connectivity index (χ3n) is 5.59. The standard InChI is InChI=1S/C20H28N4O/c1-13-7-8-16(14(2)11-13)20(9-5-6-10-20)12-22-19(25)17-15(3)23-24(4)18(17)21/h7-8,11H,5-6,9-10,12,21H2,1-4H3,(H,22,25). The van der Waals surface area contributed by atoms with E-state index in [0.29, 0.717) is 23.6 Å². The quantitative estimate of drug-likeness (QED) is 0.898. The Kier molecular flexibility index (Phi) is 4.58. The van der Waals surface area contributed by atoms with E-state index in [0.717, 1.165) is 12.8 Å². The summed E-state index contributed by atoms with van der Waals surface area (Å²) >= 11 is 0. The minimum absolute atomic E-state index is 0.0261. The van der Waals surface area contributed by atoms with E-state index in [1.807, 2.05) is 6.92 Å². The van der Waals surface area contributed by atoms with Gasteiger partial charge in [-0.25, -0.2) is 0 Å². The minimum Gasteiger partial charge on any atom is -0.383 e. The first-order chi connectivity index (χ1) is 11.8. The lowest BCUT2D eigenvalue weighted by Gasteiger charge is -2.31. The Morgan fingerprint density at radius 3 is 2.52 bits per heavy atom. The number of hydrogen-bond acceptors (Lipinski definition) is 3. The Balaban J connectivity index is 1.84. The van der Waals surface area contributed by atoms with Crippen LogP contribution in [0.25, 0.3) is 0 Å². The Morgan fingerprint density at radius 2 is 1.96 bits per heavy atom. The lowest BCUT2D eigenvalue weighted by molar-refractivity contribution is 0.0943. The van der Waals surface area contributed by atoms with Gasteiger partial charge >= 0.3 is 0 Å². The highest BCUT2D eigenvalue weighted by Crippen LogP contribution is 2.42. The number of hydrogen-bond donors (Lipinski definition) is 2. The molecule has 0 atom stereocenters. The van der Waals surface area contributed by atoms with Crippen LogP contribution in [0.15, 0.2) is 18.2 Å². The number of carbonyl (C=O) groups is 1. The van der Waals surface area contributed by atoms with E-state index in [9.17, 15) is 4.79 Å². The SMILES string of the molecule is Cc1ccc(C2(CNC(=O)c3c(C)nn(C)c3N)CCCC2)c(C)c1. The molecule has 0 spiro atoms. The van der Waals surface area contributed by atoms with Gasteiger partial charge in [-0.1, -0.05) is 36.6 Å². The molecular weight excluding hydrogens is 312 g/mol. The topological polar surface area (TPSA) is 72.9 Å². The van der Waals surface area contributed by atoms with Gasteiger partial charge in [0.15, 0.2) is 0 Å². The van der Waals surface area contributed by atoms with E-state index in [2.05, 4.69) is 42.5 Å². The molecule has 1 aliphatic rings. The number of benzene rings is 1. The van der Waals surface area contributed by atoms with Gasteiger partial charge in [0.2, 0.25) is 0 Å². The molecule has 134 valence electrons. The molecule has 0 radical (unpaired) electrons. The van der Waals surface area contributed by atoms with Crippen molar-refractivity contribution in [3.63, 3.8) is 0 Å². The lowest BCUT2D eigenvalue weighted by Crippen LogP contribution is -2.39. The van der Waals surface area contributed by atoms with Crippen LogP contribution in [0.5, 0.6) is 0 Å². The summed E-state index contributed by atoms with van der Waals surface area (Å²) in [6, 6.07) is 6.65. The van der Waals surface area contributed by atoms with Gasteiger partial charge in [0, 0.05) is 19.0 Å². The third-order valence-corrected chi connectivity index (χ3v) is 5.59. The molecule has 1 heterocycles. The molecule has 0 bridgehead atoms. The first-order valence-corrected chi connectivity index (χ1v) is 8.99. The monoisotopic (exact) mass is 340 g/mol. The molecule has 1 aliphatic carbocycles. The maximum Gasteiger partial charge on any atom is 0.256 e. The fraction of sp³-hybridized carbons (Fsp3) is 0.500. The zero-order valence-corrected chi connectivity index (χ0v) is 15.6. The molecule has 1 amide bonds. The number of amides is 1. The Bertz CT molecular complexity index is 800. The molecule has 25 heavy (non-hydrogen) atoms. The second kappa shape index (κ2) is 6.54. The van der Waals surface area contributed by atoms with Gasteiger partial charge in [-0.3, -0.25) is 9.48 Å². The maximum atomic E-state index is 12.7. The van der Waals surface area contributed by atoms with Crippen molar-refractivity contribution >= 4 is 11.7 Å². The number of carbonyl (C=O) groups excluding carboxylic acids is 1. The van der Waals surface area contributed by atoms with Gasteiger partial charge in [-0.2, -0.15) is 5.10 Å². The van der Waals surface area contributed by atoms with Crippen LogP contribution in [-0.2, 0) is 12.5 Å². The largest absolute Gasteiger partial charge is 0.383 e. The Labute approximate surface area is 149 Å². The van der Waals surface area contributed by atoms with Crippen molar-refractivity contribution in [1.29, 1.82) is 0 Å². The summed E-state index contributed by atoms with van der Waals surface area (Å²) in [7, 11) is 1.76. The highest BCUT2D eigenvalue weighted by atomic mass is 16.1. The van der Waals surface area contributed by atoms with Crippen molar-refractivity contribution in [3.8, 4) is 0 Å². The van der Waals surface area contributed by atoms with Crippen molar-refractivity contribution in [2.24, 2.45) is 7.05 Å². The number of aromatic nitrogens is 2. The van der Waals surface area contributed by atoms with E-state index >= 15 is 0 Å². The van der Waals surface area contributed by atoms with E-state index in [1.165, 1.54) is 29.5 Å². The van der Waals surface area contributed by atoms with Gasteiger partial charge in [0.05, 0.1) is 5.69 Å². The predicted molar refractivity (Wildman–Crippen MR) is 101 cm³/mol. The summed E-state index contributed by atoms with van der Waals surface area (Å²) in [5.41, 5.74) is 11.2. The van der Waals surface area contributed by atoms with E-state index in [4.69, 9.17) is 5.73 Å². The van der Waals surface area contributed by atoms with Crippen LogP contribution in [0, 0.1) is 20.8 Å². The van der Waals surface area contributed by atoms with Crippen molar-refractivity contribution in [1.82, 2.24) is 15.1 Å². The van der Waals surface area contributed by atoms with Gasteiger partial charge in [0.1, 0.15) is 11.4 Å². The second-order valence-corrected chi connectivity index (χ2v) is 7.46. The van der Waals surface area contributed by atoms with E-state index < -0.39 is 0 Å². The maximum absolute atomic E-state index is 12.7. The van der Waals surface area contributed by atoms with Gasteiger partial charge in [0.25, 0.3) is 5.91 Å². The summed E-state index contributed by atoms with van der Waals surface area (Å²) in [6.07, 6.45) is 4.63. The molecule has 1 aromatic carbocycles. The van der Waals surface area contributed by atoms with Gasteiger partial charge in [-0.15, -0.1) is 0 Å². The predicted octanol–water partition coefficient (Wildman–Crippen LogP) is 3.17. The fourth-order valence-electron chi connectivity index (χ4n) is 4.30. The first kappa shape index (κ1) is 17.5. The average molecular weight is 340 g/mol. The molecule has 2 aromatic rings. The van der Waals surface area contributed by atoms with Crippen molar-refractivity contribution < 1.29 is 4.79 Å². The van der Waals surface area contributed by atoms with Crippen molar-refractivity contribution in [2.75, 3.05) is 12.3 Å². The number of anilines is 1. The molecule has 0 saturated heterocycles. The molecule has 1 fully saturated rings.